The lowest BCUT2D eigenvalue weighted by Gasteiger charge is -2.12. The van der Waals surface area contributed by atoms with Crippen LogP contribution in [0.3, 0.4) is 0 Å². The maximum absolute atomic E-state index is 13.1. The predicted octanol–water partition coefficient (Wildman–Crippen LogP) is 3.64. The van der Waals surface area contributed by atoms with E-state index in [1.165, 1.54) is 6.07 Å². The number of fused-ring (bicyclic) bond motifs is 1. The van der Waals surface area contributed by atoms with Gasteiger partial charge in [-0.25, -0.2) is 9.18 Å². The van der Waals surface area contributed by atoms with Gasteiger partial charge in [-0.15, -0.1) is 0 Å². The van der Waals surface area contributed by atoms with E-state index in [4.69, 9.17) is 9.15 Å². The van der Waals surface area contributed by atoms with E-state index >= 15 is 0 Å². The fourth-order valence-corrected chi connectivity index (χ4v) is 2.95. The van der Waals surface area contributed by atoms with Crippen molar-refractivity contribution in [2.24, 2.45) is 0 Å². The summed E-state index contributed by atoms with van der Waals surface area (Å²) < 4.78 is 24.0. The highest BCUT2D eigenvalue weighted by Crippen LogP contribution is 2.38. The number of benzene rings is 3. The Morgan fingerprint density at radius 1 is 0.871 bits per heavy atom. The zero-order valence-corrected chi connectivity index (χ0v) is 15.5. The molecule has 0 spiro atoms. The standard InChI is InChI=1S/C22H13FO8/c23-12-4-1-10(2-5-12)22(29)31-21-19(28)18-16(27)8-13(24)9-17(18)30-20(21)11-3-6-14(25)15(26)7-11/h1-9,24-27H. The molecule has 4 N–H and O–H groups in total. The molecule has 0 atom stereocenters. The Morgan fingerprint density at radius 2 is 1.58 bits per heavy atom. The van der Waals surface area contributed by atoms with Crippen LogP contribution in [0.1, 0.15) is 10.4 Å². The molecule has 0 fully saturated rings. The lowest BCUT2D eigenvalue weighted by molar-refractivity contribution is 0.0731. The summed E-state index contributed by atoms with van der Waals surface area (Å²) in [6.07, 6.45) is 0. The maximum Gasteiger partial charge on any atom is 0.343 e. The van der Waals surface area contributed by atoms with Gasteiger partial charge in [-0.05, 0) is 42.5 Å². The van der Waals surface area contributed by atoms with Gasteiger partial charge in [0.05, 0.1) is 5.56 Å². The second kappa shape index (κ2) is 7.38. The molecule has 9 heteroatoms. The van der Waals surface area contributed by atoms with Crippen LogP contribution in [-0.2, 0) is 0 Å². The summed E-state index contributed by atoms with van der Waals surface area (Å²) in [5, 5.41) is 38.8. The molecule has 0 saturated heterocycles. The van der Waals surface area contributed by atoms with Crippen LogP contribution in [0.4, 0.5) is 4.39 Å². The van der Waals surface area contributed by atoms with Crippen molar-refractivity contribution in [1.29, 1.82) is 0 Å². The van der Waals surface area contributed by atoms with Crippen molar-refractivity contribution in [3.05, 3.63) is 76.2 Å². The van der Waals surface area contributed by atoms with E-state index in [9.17, 15) is 34.4 Å². The first-order valence-corrected chi connectivity index (χ1v) is 8.77. The Bertz CT molecular complexity index is 1390. The molecule has 8 nitrogen and oxygen atoms in total. The van der Waals surface area contributed by atoms with Gasteiger partial charge in [0.25, 0.3) is 0 Å². The molecule has 0 aliphatic rings. The van der Waals surface area contributed by atoms with Crippen LogP contribution in [0.15, 0.2) is 63.8 Å². The zero-order chi connectivity index (χ0) is 22.3. The Morgan fingerprint density at radius 3 is 2.26 bits per heavy atom. The smallest absolute Gasteiger partial charge is 0.343 e. The molecule has 31 heavy (non-hydrogen) atoms. The van der Waals surface area contributed by atoms with Gasteiger partial charge in [0.15, 0.2) is 17.3 Å². The van der Waals surface area contributed by atoms with E-state index < -0.39 is 40.2 Å². The van der Waals surface area contributed by atoms with Gasteiger partial charge >= 0.3 is 5.97 Å². The van der Waals surface area contributed by atoms with E-state index in [1.807, 2.05) is 0 Å². The van der Waals surface area contributed by atoms with Gasteiger partial charge in [0, 0.05) is 17.7 Å². The third-order valence-corrected chi connectivity index (χ3v) is 4.43. The Hall–Kier alpha value is -4.53. The van der Waals surface area contributed by atoms with Crippen molar-refractivity contribution in [2.45, 2.75) is 0 Å². The number of carbonyl (C=O) groups excluding carboxylic acids is 1. The largest absolute Gasteiger partial charge is 0.508 e. The van der Waals surface area contributed by atoms with E-state index in [0.717, 1.165) is 48.5 Å². The minimum atomic E-state index is -1.01. The van der Waals surface area contributed by atoms with E-state index in [-0.39, 0.29) is 33.6 Å². The summed E-state index contributed by atoms with van der Waals surface area (Å²) in [7, 11) is 0. The summed E-state index contributed by atoms with van der Waals surface area (Å²) in [4.78, 5) is 25.6. The van der Waals surface area contributed by atoms with Crippen molar-refractivity contribution >= 4 is 16.9 Å². The summed E-state index contributed by atoms with van der Waals surface area (Å²) in [6.45, 7) is 0. The molecule has 0 aliphatic carbocycles. The van der Waals surface area contributed by atoms with Crippen LogP contribution in [0.5, 0.6) is 28.7 Å². The monoisotopic (exact) mass is 424 g/mol. The van der Waals surface area contributed by atoms with Gasteiger partial charge in [-0.1, -0.05) is 0 Å². The van der Waals surface area contributed by atoms with Crippen molar-refractivity contribution in [3.8, 4) is 40.1 Å². The third-order valence-electron chi connectivity index (χ3n) is 4.43. The molecule has 1 heterocycles. The summed E-state index contributed by atoms with van der Waals surface area (Å²) in [5.74, 6) is -4.48. The highest BCUT2D eigenvalue weighted by molar-refractivity contribution is 5.94. The van der Waals surface area contributed by atoms with Gasteiger partial charge in [-0.2, -0.15) is 0 Å². The van der Waals surface area contributed by atoms with E-state index in [0.29, 0.717) is 0 Å². The number of aromatic hydroxyl groups is 4. The van der Waals surface area contributed by atoms with Gasteiger partial charge in [-0.3, -0.25) is 4.79 Å². The molecule has 0 amide bonds. The number of carbonyl (C=O) groups is 1. The topological polar surface area (TPSA) is 137 Å². The molecular formula is C22H13FO8. The highest BCUT2D eigenvalue weighted by Gasteiger charge is 2.24. The van der Waals surface area contributed by atoms with Crippen LogP contribution in [-0.4, -0.2) is 26.4 Å². The Balaban J connectivity index is 1.95. The molecule has 4 rings (SSSR count). The van der Waals surface area contributed by atoms with Crippen molar-refractivity contribution in [2.75, 3.05) is 0 Å². The van der Waals surface area contributed by atoms with Crippen LogP contribution in [0.2, 0.25) is 0 Å². The lowest BCUT2D eigenvalue weighted by atomic mass is 10.1. The number of phenolic OH excluding ortho intramolecular Hbond substituents is 4. The first-order chi connectivity index (χ1) is 14.7. The molecule has 0 unspecified atom stereocenters. The van der Waals surface area contributed by atoms with Crippen molar-refractivity contribution < 1.29 is 38.8 Å². The Kier molecular flexibility index (Phi) is 4.70. The minimum Gasteiger partial charge on any atom is -0.508 e. The zero-order valence-electron chi connectivity index (χ0n) is 15.5. The molecule has 0 aliphatic heterocycles. The number of esters is 1. The van der Waals surface area contributed by atoms with Crippen molar-refractivity contribution in [1.82, 2.24) is 0 Å². The maximum atomic E-state index is 13.1. The second-order valence-corrected chi connectivity index (χ2v) is 6.53. The lowest BCUT2D eigenvalue weighted by Crippen LogP contribution is -2.16. The SMILES string of the molecule is O=C(Oc1c(-c2ccc(O)c(O)c2)oc2cc(O)cc(O)c2c1=O)c1ccc(F)cc1. The van der Waals surface area contributed by atoms with Gasteiger partial charge in [0.2, 0.25) is 11.2 Å². The van der Waals surface area contributed by atoms with Crippen LogP contribution in [0, 0.1) is 5.82 Å². The average Bonchev–Trinajstić information content (AvgIpc) is 2.71. The Labute approximate surface area is 172 Å². The molecule has 0 bridgehead atoms. The molecular weight excluding hydrogens is 411 g/mol. The number of hydrogen-bond acceptors (Lipinski definition) is 8. The summed E-state index contributed by atoms with van der Waals surface area (Å²) in [6, 6.07) is 9.85. The van der Waals surface area contributed by atoms with E-state index in [2.05, 4.69) is 0 Å². The predicted molar refractivity (Wildman–Crippen MR) is 106 cm³/mol. The van der Waals surface area contributed by atoms with Crippen LogP contribution >= 0.6 is 0 Å². The first-order valence-electron chi connectivity index (χ1n) is 8.77. The molecule has 156 valence electrons. The first kappa shape index (κ1) is 19.8. The third kappa shape index (κ3) is 3.60. The molecule has 3 aromatic carbocycles. The average molecular weight is 424 g/mol. The van der Waals surface area contributed by atoms with Crippen molar-refractivity contribution in [3.63, 3.8) is 0 Å². The second-order valence-electron chi connectivity index (χ2n) is 6.53. The molecule has 4 aromatic rings. The van der Waals surface area contributed by atoms with Gasteiger partial charge in [0.1, 0.15) is 28.3 Å². The summed E-state index contributed by atoms with van der Waals surface area (Å²) in [5.41, 5.74) is -1.15. The number of ether oxygens (including phenoxy) is 1. The fourth-order valence-electron chi connectivity index (χ4n) is 2.95. The number of halogens is 1. The highest BCUT2D eigenvalue weighted by atomic mass is 19.1. The number of hydrogen-bond donors (Lipinski definition) is 4. The molecule has 0 saturated carbocycles. The number of rotatable bonds is 3. The quantitative estimate of drug-likeness (QED) is 0.289. The van der Waals surface area contributed by atoms with E-state index in [1.54, 1.807) is 0 Å². The molecule has 1 aromatic heterocycles. The van der Waals surface area contributed by atoms with Crippen LogP contribution < -0.4 is 10.2 Å². The van der Waals surface area contributed by atoms with Crippen LogP contribution in [0.25, 0.3) is 22.3 Å². The normalized spacial score (nSPS) is 10.9. The molecule has 0 radical (unpaired) electrons. The van der Waals surface area contributed by atoms with Gasteiger partial charge < -0.3 is 29.6 Å². The fraction of sp³-hybridized carbons (Fsp3) is 0. The number of phenols is 4. The minimum absolute atomic E-state index is 0.0547. The summed E-state index contributed by atoms with van der Waals surface area (Å²) >= 11 is 0.